The number of benzene rings is 1. The third kappa shape index (κ3) is 3.56. The number of nitrogens with one attached hydrogen (secondary N) is 1. The summed E-state index contributed by atoms with van der Waals surface area (Å²) in [6.07, 6.45) is 0. The second-order valence-corrected chi connectivity index (χ2v) is 6.82. The van der Waals surface area contributed by atoms with Crippen LogP contribution in [0.3, 0.4) is 0 Å². The van der Waals surface area contributed by atoms with Crippen LogP contribution in [0.4, 0.5) is 0 Å². The van der Waals surface area contributed by atoms with E-state index in [1.807, 2.05) is 13.0 Å². The van der Waals surface area contributed by atoms with Crippen LogP contribution in [0, 0.1) is 30.6 Å². The zero-order valence-electron chi connectivity index (χ0n) is 11.1. The molecule has 1 aromatic rings. The normalized spacial score (nSPS) is 12.2. The van der Waals surface area contributed by atoms with E-state index in [1.165, 1.54) is 0 Å². The van der Waals surface area contributed by atoms with Gasteiger partial charge in [0.1, 0.15) is 0 Å². The highest BCUT2D eigenvalue weighted by molar-refractivity contribution is 7.89. The third-order valence-electron chi connectivity index (χ3n) is 2.64. The molecule has 0 bridgehead atoms. The lowest BCUT2D eigenvalue weighted by Gasteiger charge is -2.17. The molecule has 0 aliphatic rings. The highest BCUT2D eigenvalue weighted by Gasteiger charge is 2.22. The van der Waals surface area contributed by atoms with E-state index in [2.05, 4.69) is 10.8 Å². The second kappa shape index (κ2) is 5.09. The van der Waals surface area contributed by atoms with Crippen molar-refractivity contribution in [3.8, 4) is 6.07 Å². The van der Waals surface area contributed by atoms with Crippen molar-refractivity contribution < 1.29 is 8.42 Å². The largest absolute Gasteiger partial charge is 0.240 e. The van der Waals surface area contributed by atoms with Gasteiger partial charge in [-0.1, -0.05) is 12.1 Å². The van der Waals surface area contributed by atoms with Crippen LogP contribution in [0.25, 0.3) is 0 Å². The summed E-state index contributed by atoms with van der Waals surface area (Å²) in [5, 5.41) is 8.88. The summed E-state index contributed by atoms with van der Waals surface area (Å²) in [7, 11) is -3.56. The molecule has 0 spiro atoms. The van der Waals surface area contributed by atoms with Gasteiger partial charge in [-0.3, -0.25) is 0 Å². The predicted octanol–water partition coefficient (Wildman–Crippen LogP) is 2.13. The first kappa shape index (κ1) is 14.7. The Morgan fingerprint density at radius 1 is 1.33 bits per heavy atom. The van der Waals surface area contributed by atoms with Gasteiger partial charge >= 0.3 is 0 Å². The summed E-state index contributed by atoms with van der Waals surface area (Å²) >= 11 is 0. The van der Waals surface area contributed by atoms with Gasteiger partial charge in [-0.15, -0.1) is 0 Å². The van der Waals surface area contributed by atoms with E-state index in [0.717, 1.165) is 5.56 Å². The fourth-order valence-corrected chi connectivity index (χ4v) is 2.93. The lowest BCUT2D eigenvalue weighted by atomic mass is 9.97. The van der Waals surface area contributed by atoms with Gasteiger partial charge in [0.05, 0.1) is 16.4 Å². The van der Waals surface area contributed by atoms with Crippen molar-refractivity contribution >= 4 is 10.0 Å². The van der Waals surface area contributed by atoms with Crippen LogP contribution < -0.4 is 4.72 Å². The van der Waals surface area contributed by atoms with Crippen LogP contribution in [0.15, 0.2) is 23.1 Å². The minimum absolute atomic E-state index is 0.0964. The molecule has 0 amide bonds. The Bertz CT molecular complexity index is 583. The molecule has 0 radical (unpaired) electrons. The van der Waals surface area contributed by atoms with Gasteiger partial charge in [0.2, 0.25) is 10.0 Å². The number of rotatable bonds is 4. The second-order valence-electron chi connectivity index (χ2n) is 5.09. The Kier molecular flexibility index (Phi) is 4.15. The quantitative estimate of drug-likeness (QED) is 0.907. The van der Waals surface area contributed by atoms with Gasteiger partial charge in [0, 0.05) is 6.54 Å². The zero-order chi connectivity index (χ0) is 14.0. The summed E-state index contributed by atoms with van der Waals surface area (Å²) in [6, 6.07) is 7.35. The summed E-state index contributed by atoms with van der Waals surface area (Å²) in [6.45, 7) is 7.08. The Labute approximate surface area is 109 Å². The van der Waals surface area contributed by atoms with E-state index in [0.29, 0.717) is 5.56 Å². The van der Waals surface area contributed by atoms with Crippen molar-refractivity contribution in [3.63, 3.8) is 0 Å². The van der Waals surface area contributed by atoms with Crippen molar-refractivity contribution in [2.24, 2.45) is 5.41 Å². The highest BCUT2D eigenvalue weighted by Crippen LogP contribution is 2.18. The minimum atomic E-state index is -3.56. The van der Waals surface area contributed by atoms with Gasteiger partial charge in [0.15, 0.2) is 0 Å². The molecule has 0 aromatic heterocycles. The molecule has 0 saturated heterocycles. The Hall–Kier alpha value is -1.38. The fraction of sp³-hybridized carbons (Fsp3) is 0.462. The fourth-order valence-electron chi connectivity index (χ4n) is 1.39. The van der Waals surface area contributed by atoms with Crippen LogP contribution in [0.2, 0.25) is 0 Å². The molecule has 1 aromatic carbocycles. The predicted molar refractivity (Wildman–Crippen MR) is 70.5 cm³/mol. The number of aryl methyl sites for hydroxylation is 2. The number of nitrogens with zero attached hydrogens (tertiary/aromatic N) is 1. The van der Waals surface area contributed by atoms with E-state index in [-0.39, 0.29) is 11.4 Å². The molecule has 1 rings (SSSR count). The van der Waals surface area contributed by atoms with Crippen LogP contribution in [-0.4, -0.2) is 15.0 Å². The molecule has 4 nitrogen and oxygen atoms in total. The molecule has 0 unspecified atom stereocenters. The Morgan fingerprint density at radius 3 is 2.50 bits per heavy atom. The highest BCUT2D eigenvalue weighted by atomic mass is 32.2. The van der Waals surface area contributed by atoms with Crippen LogP contribution in [0.5, 0.6) is 0 Å². The van der Waals surface area contributed by atoms with Gasteiger partial charge in [-0.05, 0) is 44.9 Å². The molecular weight excluding hydrogens is 248 g/mol. The van der Waals surface area contributed by atoms with Crippen molar-refractivity contribution in [1.82, 2.24) is 4.72 Å². The zero-order valence-corrected chi connectivity index (χ0v) is 11.9. The van der Waals surface area contributed by atoms with Gasteiger partial charge < -0.3 is 0 Å². The first-order chi connectivity index (χ1) is 8.18. The SMILES string of the molecule is Cc1ccc(C)c(S(=O)(=O)NCC(C)(C)C#N)c1. The van der Waals surface area contributed by atoms with Crippen molar-refractivity contribution in [1.29, 1.82) is 5.26 Å². The van der Waals surface area contributed by atoms with Gasteiger partial charge in [-0.25, -0.2) is 13.1 Å². The maximum atomic E-state index is 12.1. The lowest BCUT2D eigenvalue weighted by Crippen LogP contribution is -2.33. The Morgan fingerprint density at radius 2 is 1.94 bits per heavy atom. The van der Waals surface area contributed by atoms with E-state index in [9.17, 15) is 8.42 Å². The standard InChI is InChI=1S/C13H18N2O2S/c1-10-5-6-11(2)12(7-10)18(16,17)15-9-13(3,4)8-14/h5-7,15H,9H2,1-4H3. The summed E-state index contributed by atoms with van der Waals surface area (Å²) < 4.78 is 26.8. The molecule has 18 heavy (non-hydrogen) atoms. The number of nitriles is 1. The molecule has 0 atom stereocenters. The molecule has 1 N–H and O–H groups in total. The molecule has 0 aliphatic carbocycles. The van der Waals surface area contributed by atoms with Crippen LogP contribution >= 0.6 is 0 Å². The minimum Gasteiger partial charge on any atom is -0.210 e. The van der Waals surface area contributed by atoms with Crippen LogP contribution in [0.1, 0.15) is 25.0 Å². The van der Waals surface area contributed by atoms with Gasteiger partial charge in [0.25, 0.3) is 0 Å². The van der Waals surface area contributed by atoms with E-state index in [4.69, 9.17) is 5.26 Å². The average Bonchev–Trinajstić information content (AvgIpc) is 2.30. The van der Waals surface area contributed by atoms with E-state index >= 15 is 0 Å². The lowest BCUT2D eigenvalue weighted by molar-refractivity contribution is 0.478. The number of hydrogen-bond acceptors (Lipinski definition) is 3. The molecule has 0 aliphatic heterocycles. The maximum absolute atomic E-state index is 12.1. The third-order valence-corrected chi connectivity index (χ3v) is 4.18. The molecular formula is C13H18N2O2S. The van der Waals surface area contributed by atoms with Crippen molar-refractivity contribution in [2.45, 2.75) is 32.6 Å². The van der Waals surface area contributed by atoms with E-state index < -0.39 is 15.4 Å². The van der Waals surface area contributed by atoms with Gasteiger partial charge in [-0.2, -0.15) is 5.26 Å². The first-order valence-corrected chi connectivity index (χ1v) is 7.14. The summed E-state index contributed by atoms with van der Waals surface area (Å²) in [5.41, 5.74) is 0.869. The monoisotopic (exact) mass is 266 g/mol. The number of sulfonamides is 1. The number of hydrogen-bond donors (Lipinski definition) is 1. The Balaban J connectivity index is 3.02. The van der Waals surface area contributed by atoms with Crippen LogP contribution in [-0.2, 0) is 10.0 Å². The molecule has 98 valence electrons. The summed E-state index contributed by atoms with van der Waals surface area (Å²) in [4.78, 5) is 0.274. The van der Waals surface area contributed by atoms with Crippen molar-refractivity contribution in [2.75, 3.05) is 6.54 Å². The molecule has 0 saturated carbocycles. The topological polar surface area (TPSA) is 70.0 Å². The molecule has 0 heterocycles. The average molecular weight is 266 g/mol. The summed E-state index contributed by atoms with van der Waals surface area (Å²) in [5.74, 6) is 0. The first-order valence-electron chi connectivity index (χ1n) is 5.66. The smallest absolute Gasteiger partial charge is 0.210 e. The maximum Gasteiger partial charge on any atom is 0.240 e. The molecule has 0 fully saturated rings. The van der Waals surface area contributed by atoms with Crippen molar-refractivity contribution in [3.05, 3.63) is 29.3 Å². The molecule has 5 heteroatoms. The van der Waals surface area contributed by atoms with E-state index in [1.54, 1.807) is 32.9 Å².